The molecule has 1 heterocycles. The Morgan fingerprint density at radius 3 is 3.06 bits per heavy atom. The molecule has 16 heavy (non-hydrogen) atoms. The first-order valence-electron chi connectivity index (χ1n) is 5.20. The number of carbonyl (C=O) groups excluding carboxylic acids is 1. The molecule has 0 aliphatic carbocycles. The lowest BCUT2D eigenvalue weighted by molar-refractivity contribution is -0.127. The highest BCUT2D eigenvalue weighted by molar-refractivity contribution is 5.80. The van der Waals surface area contributed by atoms with Gasteiger partial charge in [0.1, 0.15) is 0 Å². The van der Waals surface area contributed by atoms with Gasteiger partial charge in [-0.15, -0.1) is 0 Å². The van der Waals surface area contributed by atoms with Crippen LogP contribution in [-0.4, -0.2) is 23.5 Å². The Hall–Kier alpha value is -1.65. The van der Waals surface area contributed by atoms with E-state index >= 15 is 0 Å². The molecule has 1 atom stereocenters. The van der Waals surface area contributed by atoms with Gasteiger partial charge in [-0.05, 0) is 25.5 Å². The van der Waals surface area contributed by atoms with E-state index in [1.165, 1.54) is 12.3 Å². The molecule has 0 spiro atoms. The minimum atomic E-state index is -0.731. The molecule has 0 fully saturated rings. The van der Waals surface area contributed by atoms with Crippen LogP contribution in [0.3, 0.4) is 0 Å². The van der Waals surface area contributed by atoms with Gasteiger partial charge >= 0.3 is 0 Å². The number of nitrogens with one attached hydrogen (secondary N) is 1. The molecule has 0 saturated heterocycles. The number of nitrogens with zero attached hydrogens (tertiary/aromatic N) is 1. The largest absolute Gasteiger partial charge is 0.476 e. The van der Waals surface area contributed by atoms with Crippen LogP contribution in [-0.2, 0) is 4.79 Å². The molecule has 1 unspecified atom stereocenters. The van der Waals surface area contributed by atoms with Crippen molar-refractivity contribution < 1.29 is 13.9 Å². The molecule has 1 aromatic rings. The van der Waals surface area contributed by atoms with E-state index in [0.29, 0.717) is 6.54 Å². The molecule has 5 heteroatoms. The van der Waals surface area contributed by atoms with Crippen molar-refractivity contribution in [2.75, 3.05) is 6.54 Å². The van der Waals surface area contributed by atoms with Gasteiger partial charge in [-0.3, -0.25) is 4.79 Å². The molecule has 4 nitrogen and oxygen atoms in total. The molecule has 1 aromatic heterocycles. The number of aromatic nitrogens is 1. The highest BCUT2D eigenvalue weighted by atomic mass is 19.1. The zero-order valence-corrected chi connectivity index (χ0v) is 9.37. The van der Waals surface area contributed by atoms with Crippen molar-refractivity contribution in [2.24, 2.45) is 0 Å². The van der Waals surface area contributed by atoms with Gasteiger partial charge in [0.15, 0.2) is 11.9 Å². The fourth-order valence-electron chi connectivity index (χ4n) is 1.10. The van der Waals surface area contributed by atoms with Crippen molar-refractivity contribution in [3.63, 3.8) is 0 Å². The monoisotopic (exact) mass is 226 g/mol. The number of hydrogen-bond donors (Lipinski definition) is 1. The first kappa shape index (κ1) is 12.4. The number of pyridine rings is 1. The molecule has 0 aliphatic rings. The Labute approximate surface area is 93.8 Å². The normalized spacial score (nSPS) is 11.9. The minimum absolute atomic E-state index is 0.0124. The van der Waals surface area contributed by atoms with Crippen LogP contribution in [0.25, 0.3) is 0 Å². The van der Waals surface area contributed by atoms with Gasteiger partial charge in [-0.1, -0.05) is 6.92 Å². The van der Waals surface area contributed by atoms with Crippen LogP contribution in [0.2, 0.25) is 0 Å². The summed E-state index contributed by atoms with van der Waals surface area (Å²) < 4.78 is 18.3. The van der Waals surface area contributed by atoms with Crippen LogP contribution in [0.4, 0.5) is 4.39 Å². The Balaban J connectivity index is 2.54. The Bertz CT molecular complexity index is 358. The molecule has 1 N–H and O–H groups in total. The topological polar surface area (TPSA) is 51.2 Å². The predicted molar refractivity (Wildman–Crippen MR) is 57.6 cm³/mol. The number of hydrogen-bond acceptors (Lipinski definition) is 3. The van der Waals surface area contributed by atoms with Crippen molar-refractivity contribution >= 4 is 5.91 Å². The molecular formula is C11H15FN2O2. The first-order valence-corrected chi connectivity index (χ1v) is 5.20. The summed E-state index contributed by atoms with van der Waals surface area (Å²) in [4.78, 5) is 14.9. The third kappa shape index (κ3) is 3.49. The average Bonchev–Trinajstić information content (AvgIpc) is 2.28. The summed E-state index contributed by atoms with van der Waals surface area (Å²) >= 11 is 0. The smallest absolute Gasteiger partial charge is 0.260 e. The zero-order chi connectivity index (χ0) is 12.0. The van der Waals surface area contributed by atoms with E-state index in [2.05, 4.69) is 10.3 Å². The van der Waals surface area contributed by atoms with Crippen molar-refractivity contribution in [3.05, 3.63) is 24.3 Å². The number of halogens is 1. The molecule has 0 saturated carbocycles. The second-order valence-corrected chi connectivity index (χ2v) is 3.34. The Morgan fingerprint density at radius 1 is 1.69 bits per heavy atom. The van der Waals surface area contributed by atoms with Crippen LogP contribution in [0, 0.1) is 5.95 Å². The summed E-state index contributed by atoms with van der Waals surface area (Å²) in [5.41, 5.74) is 0. The quantitative estimate of drug-likeness (QED) is 0.774. The maximum absolute atomic E-state index is 13.1. The lowest BCUT2D eigenvalue weighted by atomic mass is 10.3. The highest BCUT2D eigenvalue weighted by Crippen LogP contribution is 2.14. The summed E-state index contributed by atoms with van der Waals surface area (Å²) in [5, 5.41) is 2.67. The molecule has 1 rings (SSSR count). The van der Waals surface area contributed by atoms with Crippen LogP contribution < -0.4 is 10.1 Å². The van der Waals surface area contributed by atoms with E-state index < -0.39 is 12.1 Å². The summed E-state index contributed by atoms with van der Waals surface area (Å²) in [6, 6.07) is 2.99. The van der Waals surface area contributed by atoms with E-state index in [9.17, 15) is 9.18 Å². The predicted octanol–water partition coefficient (Wildman–Crippen LogP) is 1.51. The maximum Gasteiger partial charge on any atom is 0.260 e. The Morgan fingerprint density at radius 2 is 2.44 bits per heavy atom. The van der Waals surface area contributed by atoms with Crippen molar-refractivity contribution in [3.8, 4) is 5.75 Å². The third-order valence-electron chi connectivity index (χ3n) is 1.95. The average molecular weight is 226 g/mol. The van der Waals surface area contributed by atoms with E-state index in [4.69, 9.17) is 4.74 Å². The van der Waals surface area contributed by atoms with Crippen molar-refractivity contribution in [2.45, 2.75) is 26.4 Å². The molecule has 0 radical (unpaired) electrons. The van der Waals surface area contributed by atoms with E-state index in [-0.39, 0.29) is 11.7 Å². The Kier molecular flexibility index (Phi) is 4.69. The van der Waals surface area contributed by atoms with Gasteiger partial charge in [-0.25, -0.2) is 4.98 Å². The van der Waals surface area contributed by atoms with Crippen LogP contribution in [0.5, 0.6) is 5.75 Å². The van der Waals surface area contributed by atoms with Gasteiger partial charge in [0, 0.05) is 12.7 Å². The third-order valence-corrected chi connectivity index (χ3v) is 1.95. The van der Waals surface area contributed by atoms with Crippen molar-refractivity contribution in [1.82, 2.24) is 10.3 Å². The van der Waals surface area contributed by atoms with Gasteiger partial charge in [0.25, 0.3) is 11.9 Å². The summed E-state index contributed by atoms with van der Waals surface area (Å²) in [6.07, 6.45) is 1.44. The number of carbonyl (C=O) groups is 1. The van der Waals surface area contributed by atoms with Crippen molar-refractivity contribution in [1.29, 1.82) is 0 Å². The zero-order valence-electron chi connectivity index (χ0n) is 9.37. The molecule has 0 aliphatic heterocycles. The molecule has 0 bridgehead atoms. The molecule has 0 aromatic carbocycles. The fraction of sp³-hybridized carbons (Fsp3) is 0.455. The number of amides is 1. The fourth-order valence-corrected chi connectivity index (χ4v) is 1.10. The molecular weight excluding hydrogens is 211 g/mol. The molecule has 88 valence electrons. The summed E-state index contributed by atoms with van der Waals surface area (Å²) in [5.74, 6) is -0.982. The van der Waals surface area contributed by atoms with Crippen LogP contribution >= 0.6 is 0 Å². The lowest BCUT2D eigenvalue weighted by Gasteiger charge is -2.14. The summed E-state index contributed by atoms with van der Waals surface area (Å²) in [7, 11) is 0. The number of rotatable bonds is 5. The maximum atomic E-state index is 13.1. The van der Waals surface area contributed by atoms with Crippen LogP contribution in [0.1, 0.15) is 20.3 Å². The lowest BCUT2D eigenvalue weighted by Crippen LogP contribution is -2.36. The van der Waals surface area contributed by atoms with Gasteiger partial charge < -0.3 is 10.1 Å². The van der Waals surface area contributed by atoms with Gasteiger partial charge in [-0.2, -0.15) is 4.39 Å². The first-order chi connectivity index (χ1) is 7.65. The van der Waals surface area contributed by atoms with E-state index in [0.717, 1.165) is 6.42 Å². The van der Waals surface area contributed by atoms with Gasteiger partial charge in [0.2, 0.25) is 0 Å². The SMILES string of the molecule is CCCNC(=O)C(C)Oc1cccnc1F. The standard InChI is InChI=1S/C11H15FN2O2/c1-3-6-14-11(15)8(2)16-9-5-4-7-13-10(9)12/h4-5,7-8H,3,6H2,1-2H3,(H,14,15). The highest BCUT2D eigenvalue weighted by Gasteiger charge is 2.15. The van der Waals surface area contributed by atoms with E-state index in [1.807, 2.05) is 6.92 Å². The second kappa shape index (κ2) is 6.05. The molecule has 1 amide bonds. The second-order valence-electron chi connectivity index (χ2n) is 3.34. The van der Waals surface area contributed by atoms with Gasteiger partial charge in [0.05, 0.1) is 0 Å². The summed E-state index contributed by atoms with van der Waals surface area (Å²) in [6.45, 7) is 4.10. The number of ether oxygens (including phenoxy) is 1. The van der Waals surface area contributed by atoms with E-state index in [1.54, 1.807) is 13.0 Å². The van der Waals surface area contributed by atoms with Crippen LogP contribution in [0.15, 0.2) is 18.3 Å². The minimum Gasteiger partial charge on any atom is -0.476 e.